The normalized spacial score (nSPS) is 20.0. The van der Waals surface area contributed by atoms with Gasteiger partial charge in [-0.25, -0.2) is 14.4 Å². The first-order chi connectivity index (χ1) is 17.5. The van der Waals surface area contributed by atoms with Crippen LogP contribution in [0, 0.1) is 5.82 Å². The molecule has 2 unspecified atom stereocenters. The van der Waals surface area contributed by atoms with Crippen molar-refractivity contribution in [3.05, 3.63) is 59.7 Å². The van der Waals surface area contributed by atoms with Crippen LogP contribution in [0.3, 0.4) is 0 Å². The van der Waals surface area contributed by atoms with E-state index in [9.17, 15) is 9.18 Å². The minimum absolute atomic E-state index is 0.00116. The summed E-state index contributed by atoms with van der Waals surface area (Å²) in [6.45, 7) is 3.35. The summed E-state index contributed by atoms with van der Waals surface area (Å²) in [5, 5.41) is 7.18. The fraction of sp³-hybridized carbons (Fsp3) is 0.320. The van der Waals surface area contributed by atoms with Gasteiger partial charge in [0.1, 0.15) is 23.7 Å². The summed E-state index contributed by atoms with van der Waals surface area (Å²) in [4.78, 5) is 23.6. The van der Waals surface area contributed by atoms with Crippen molar-refractivity contribution in [2.45, 2.75) is 11.4 Å². The molecule has 188 valence electrons. The van der Waals surface area contributed by atoms with Crippen molar-refractivity contribution < 1.29 is 18.7 Å². The van der Waals surface area contributed by atoms with E-state index >= 15 is 0 Å². The minimum atomic E-state index is -0.507. The standard InChI is InChI=1S/C25H25ClFN5O3S/c1-34-21-11-19-16(25(29-14-28-19)30-15-4-5-18(27)17(26)9-15)10-20(21)31-24(33)3-2-6-32-12-22-23(13-32)36-8-7-35-22/h2-5,9-11,14,22-23H,6-8,12-13H2,1H3,(H,31,33)(H,28,29,30)/b3-2+. The van der Waals surface area contributed by atoms with Crippen molar-refractivity contribution in [1.82, 2.24) is 14.9 Å². The molecule has 0 saturated carbocycles. The van der Waals surface area contributed by atoms with Gasteiger partial charge in [-0.15, -0.1) is 0 Å². The molecule has 3 heterocycles. The van der Waals surface area contributed by atoms with Crippen molar-refractivity contribution in [2.24, 2.45) is 0 Å². The second kappa shape index (κ2) is 11.0. The summed E-state index contributed by atoms with van der Waals surface area (Å²) >= 11 is 7.87. The molecule has 1 amide bonds. The highest BCUT2D eigenvalue weighted by atomic mass is 35.5. The fourth-order valence-electron chi connectivity index (χ4n) is 4.33. The number of rotatable bonds is 7. The molecule has 11 heteroatoms. The molecule has 0 radical (unpaired) electrons. The highest BCUT2D eigenvalue weighted by molar-refractivity contribution is 8.00. The zero-order valence-electron chi connectivity index (χ0n) is 19.5. The van der Waals surface area contributed by atoms with Gasteiger partial charge in [0.25, 0.3) is 0 Å². The fourth-order valence-corrected chi connectivity index (χ4v) is 5.70. The number of halogens is 2. The molecule has 0 aliphatic carbocycles. The molecule has 2 aromatic carbocycles. The topological polar surface area (TPSA) is 88.6 Å². The number of nitrogens with zero attached hydrogens (tertiary/aromatic N) is 3. The average molecular weight is 530 g/mol. The molecule has 2 aliphatic rings. The number of likely N-dealkylation sites (tertiary alicyclic amines) is 1. The van der Waals surface area contributed by atoms with Crippen LogP contribution in [0.4, 0.5) is 21.6 Å². The van der Waals surface area contributed by atoms with E-state index < -0.39 is 5.82 Å². The summed E-state index contributed by atoms with van der Waals surface area (Å²) < 4.78 is 24.9. The largest absolute Gasteiger partial charge is 0.494 e. The van der Waals surface area contributed by atoms with E-state index in [1.807, 2.05) is 17.8 Å². The number of anilines is 3. The van der Waals surface area contributed by atoms with Crippen LogP contribution in [0.5, 0.6) is 5.75 Å². The lowest BCUT2D eigenvalue weighted by atomic mass is 10.1. The van der Waals surface area contributed by atoms with Crippen LogP contribution in [0.1, 0.15) is 0 Å². The lowest BCUT2D eigenvalue weighted by Crippen LogP contribution is -2.30. The Balaban J connectivity index is 1.30. The summed E-state index contributed by atoms with van der Waals surface area (Å²) in [5.41, 5.74) is 1.66. The molecule has 2 saturated heterocycles. The molecule has 2 aliphatic heterocycles. The van der Waals surface area contributed by atoms with E-state index in [4.69, 9.17) is 21.1 Å². The van der Waals surface area contributed by atoms with Gasteiger partial charge in [-0.1, -0.05) is 17.7 Å². The Labute approximate surface area is 217 Å². The van der Waals surface area contributed by atoms with Crippen LogP contribution in [0.15, 0.2) is 48.8 Å². The molecule has 2 fully saturated rings. The summed E-state index contributed by atoms with van der Waals surface area (Å²) in [6, 6.07) is 7.78. The van der Waals surface area contributed by atoms with Gasteiger partial charge in [-0.2, -0.15) is 11.8 Å². The molecule has 0 spiro atoms. The maximum absolute atomic E-state index is 13.5. The van der Waals surface area contributed by atoms with E-state index in [2.05, 4.69) is 25.5 Å². The number of carbonyl (C=O) groups is 1. The zero-order chi connectivity index (χ0) is 25.1. The van der Waals surface area contributed by atoms with Crippen LogP contribution >= 0.6 is 23.4 Å². The van der Waals surface area contributed by atoms with Gasteiger partial charge in [-0.3, -0.25) is 9.69 Å². The first-order valence-corrected chi connectivity index (χ1v) is 12.9. The first kappa shape index (κ1) is 24.8. The van der Waals surface area contributed by atoms with Gasteiger partial charge in [0.05, 0.1) is 36.0 Å². The Kier molecular flexibility index (Phi) is 7.56. The van der Waals surface area contributed by atoms with Crippen molar-refractivity contribution in [3.63, 3.8) is 0 Å². The molecule has 0 bridgehead atoms. The lowest BCUT2D eigenvalue weighted by Gasteiger charge is -2.23. The van der Waals surface area contributed by atoms with Crippen LogP contribution in [-0.4, -0.2) is 71.2 Å². The second-order valence-electron chi connectivity index (χ2n) is 8.47. The minimum Gasteiger partial charge on any atom is -0.494 e. The Morgan fingerprint density at radius 1 is 1.33 bits per heavy atom. The molecule has 36 heavy (non-hydrogen) atoms. The Hall–Kier alpha value is -2.92. The Morgan fingerprint density at radius 3 is 3.03 bits per heavy atom. The SMILES string of the molecule is COc1cc2ncnc(Nc3ccc(F)c(Cl)c3)c2cc1NC(=O)/C=C/CN1CC2OCCSC2C1. The molecule has 5 rings (SSSR count). The van der Waals surface area contributed by atoms with E-state index in [0.717, 1.165) is 25.4 Å². The maximum atomic E-state index is 13.5. The smallest absolute Gasteiger partial charge is 0.248 e. The third-order valence-electron chi connectivity index (χ3n) is 6.07. The molecule has 2 atom stereocenters. The third kappa shape index (κ3) is 5.57. The van der Waals surface area contributed by atoms with Crippen molar-refractivity contribution in [1.29, 1.82) is 0 Å². The van der Waals surface area contributed by atoms with Crippen LogP contribution in [-0.2, 0) is 9.53 Å². The number of hydrogen-bond donors (Lipinski definition) is 2. The van der Waals surface area contributed by atoms with E-state index in [0.29, 0.717) is 45.6 Å². The molecule has 8 nitrogen and oxygen atoms in total. The predicted octanol–water partition coefficient (Wildman–Crippen LogP) is 4.49. The van der Waals surface area contributed by atoms with E-state index in [-0.39, 0.29) is 17.0 Å². The predicted molar refractivity (Wildman–Crippen MR) is 141 cm³/mol. The first-order valence-electron chi connectivity index (χ1n) is 11.5. The average Bonchev–Trinajstić information content (AvgIpc) is 3.29. The van der Waals surface area contributed by atoms with Gasteiger partial charge in [0.2, 0.25) is 5.91 Å². The quantitative estimate of drug-likeness (QED) is 0.433. The monoisotopic (exact) mass is 529 g/mol. The Morgan fingerprint density at radius 2 is 2.22 bits per heavy atom. The molecule has 2 N–H and O–H groups in total. The van der Waals surface area contributed by atoms with Crippen LogP contribution in [0.2, 0.25) is 5.02 Å². The molecule has 1 aromatic heterocycles. The van der Waals surface area contributed by atoms with Crippen LogP contribution < -0.4 is 15.4 Å². The third-order valence-corrected chi connectivity index (χ3v) is 7.64. The number of amides is 1. The van der Waals surface area contributed by atoms with Crippen molar-refractivity contribution in [3.8, 4) is 5.75 Å². The number of methoxy groups -OCH3 is 1. The maximum Gasteiger partial charge on any atom is 0.248 e. The van der Waals surface area contributed by atoms with Gasteiger partial charge in [-0.05, 0) is 24.3 Å². The lowest BCUT2D eigenvalue weighted by molar-refractivity contribution is -0.111. The number of benzene rings is 2. The number of thioether (sulfide) groups is 1. The van der Waals surface area contributed by atoms with Gasteiger partial charge in [0.15, 0.2) is 0 Å². The molecule has 3 aromatic rings. The van der Waals surface area contributed by atoms with Gasteiger partial charge in [0, 0.05) is 53.9 Å². The van der Waals surface area contributed by atoms with Gasteiger partial charge < -0.3 is 20.1 Å². The summed E-state index contributed by atoms with van der Waals surface area (Å²) in [6.07, 6.45) is 5.08. The van der Waals surface area contributed by atoms with Crippen molar-refractivity contribution in [2.75, 3.05) is 49.7 Å². The highest BCUT2D eigenvalue weighted by Crippen LogP contribution is 2.34. The number of ether oxygens (including phenoxy) is 2. The number of aromatic nitrogens is 2. The second-order valence-corrected chi connectivity index (χ2v) is 10.2. The number of hydrogen-bond acceptors (Lipinski definition) is 8. The zero-order valence-corrected chi connectivity index (χ0v) is 21.1. The Bertz CT molecular complexity index is 1300. The van der Waals surface area contributed by atoms with E-state index in [1.165, 1.54) is 31.6 Å². The highest BCUT2D eigenvalue weighted by Gasteiger charge is 2.35. The van der Waals surface area contributed by atoms with Gasteiger partial charge >= 0.3 is 0 Å². The number of carbonyl (C=O) groups excluding carboxylic acids is 1. The number of nitrogens with one attached hydrogen (secondary N) is 2. The van der Waals surface area contributed by atoms with Crippen molar-refractivity contribution >= 4 is 57.4 Å². The number of fused-ring (bicyclic) bond motifs is 2. The molecular formula is C25H25ClFN5O3S. The van der Waals surface area contributed by atoms with E-state index in [1.54, 1.807) is 18.2 Å². The summed E-state index contributed by atoms with van der Waals surface area (Å²) in [5.74, 6) is 1.21. The van der Waals surface area contributed by atoms with Crippen LogP contribution in [0.25, 0.3) is 10.9 Å². The summed E-state index contributed by atoms with van der Waals surface area (Å²) in [7, 11) is 1.53. The molecular weight excluding hydrogens is 505 g/mol.